The second kappa shape index (κ2) is 11.7. The summed E-state index contributed by atoms with van der Waals surface area (Å²) < 4.78 is 0. The number of rotatable bonds is 5. The van der Waals surface area contributed by atoms with Crippen LogP contribution in [0.3, 0.4) is 0 Å². The molecule has 2 heterocycles. The van der Waals surface area contributed by atoms with Crippen LogP contribution < -0.4 is 10.6 Å². The first-order valence-electron chi connectivity index (χ1n) is 11.9. The van der Waals surface area contributed by atoms with Crippen molar-refractivity contribution in [1.29, 1.82) is 0 Å². The predicted octanol–water partition coefficient (Wildman–Crippen LogP) is 5.04. The van der Waals surface area contributed by atoms with E-state index < -0.39 is 0 Å². The van der Waals surface area contributed by atoms with Crippen molar-refractivity contribution in [1.82, 2.24) is 15.5 Å². The molecule has 33 heavy (non-hydrogen) atoms. The van der Waals surface area contributed by atoms with Gasteiger partial charge in [-0.3, -0.25) is 10.1 Å². The maximum atomic E-state index is 13.6. The molecule has 7 heteroatoms. The highest BCUT2D eigenvalue weighted by Gasteiger charge is 2.43. The maximum absolute atomic E-state index is 13.6. The number of likely N-dealkylation sites (tertiary alicyclic amines) is 1. The van der Waals surface area contributed by atoms with Crippen LogP contribution in [-0.2, 0) is 4.79 Å². The van der Waals surface area contributed by atoms with Gasteiger partial charge in [0.2, 0.25) is 5.91 Å². The predicted molar refractivity (Wildman–Crippen MR) is 142 cm³/mol. The van der Waals surface area contributed by atoms with Crippen LogP contribution in [0.4, 0.5) is 0 Å². The molecule has 1 saturated heterocycles. The van der Waals surface area contributed by atoms with Gasteiger partial charge < -0.3 is 15.7 Å². The molecule has 2 aliphatic heterocycles. The van der Waals surface area contributed by atoms with Gasteiger partial charge in [-0.1, -0.05) is 71.2 Å². The van der Waals surface area contributed by atoms with Crippen molar-refractivity contribution in [2.24, 2.45) is 23.2 Å². The number of alkyl halides is 1. The standard InChI is InChI=1S/C25H38ClN3OS.CH4.H2O/c1-16(2)22(28-24-27-20-7-5-6-8-21(20)31-24)23(30)29-14-13-19(25(3,4)15-29)17-9-11-18(26)12-10-17;;/h6,8-9,11,16-19,22,24,27-28H,5,7,10,12-15H2,1-4H3;1H4;1H2/t17?,18?,19?,22-,24?;;/m1../s1. The van der Waals surface area contributed by atoms with Crippen LogP contribution in [-0.4, -0.2) is 46.3 Å². The monoisotopic (exact) mass is 497 g/mol. The number of hydrogen-bond donors (Lipinski definition) is 2. The topological polar surface area (TPSA) is 75.9 Å². The number of carbonyl (C=O) groups excluding carboxylic acids is 1. The Bertz CT molecular complexity index is 779. The van der Waals surface area contributed by atoms with E-state index in [2.05, 4.69) is 67.5 Å². The Labute approximate surface area is 210 Å². The maximum Gasteiger partial charge on any atom is 0.240 e. The zero-order valence-corrected chi connectivity index (χ0v) is 21.4. The minimum absolute atomic E-state index is 0. The lowest BCUT2D eigenvalue weighted by atomic mass is 9.65. The molecule has 188 valence electrons. The van der Waals surface area contributed by atoms with E-state index in [1.54, 1.807) is 11.8 Å². The highest BCUT2D eigenvalue weighted by Crippen LogP contribution is 2.44. The Morgan fingerprint density at radius 2 is 2.03 bits per heavy atom. The van der Waals surface area contributed by atoms with E-state index in [0.29, 0.717) is 11.8 Å². The van der Waals surface area contributed by atoms with E-state index in [9.17, 15) is 4.79 Å². The lowest BCUT2D eigenvalue weighted by Crippen LogP contribution is -2.58. The lowest BCUT2D eigenvalue weighted by Gasteiger charge is -2.48. The summed E-state index contributed by atoms with van der Waals surface area (Å²) in [5.74, 6) is 1.69. The summed E-state index contributed by atoms with van der Waals surface area (Å²) >= 11 is 8.08. The fourth-order valence-electron chi connectivity index (χ4n) is 5.69. The first-order chi connectivity index (χ1) is 14.7. The van der Waals surface area contributed by atoms with Crippen LogP contribution in [0, 0.1) is 23.2 Å². The van der Waals surface area contributed by atoms with E-state index in [0.717, 1.165) is 38.8 Å². The third-order valence-corrected chi connectivity index (χ3v) is 8.91. The Balaban J connectivity index is 0.00000193. The third-order valence-electron chi connectivity index (χ3n) is 7.43. The number of halogens is 1. The molecule has 0 bridgehead atoms. The molecular formula is C26H44ClN3O2S. The normalized spacial score (nSPS) is 31.4. The number of hydrogen-bond acceptors (Lipinski definition) is 4. The summed E-state index contributed by atoms with van der Waals surface area (Å²) in [6.07, 6.45) is 14.4. The molecule has 0 saturated carbocycles. The minimum atomic E-state index is -0.172. The van der Waals surface area contributed by atoms with Gasteiger partial charge in [0.25, 0.3) is 0 Å². The van der Waals surface area contributed by atoms with Crippen molar-refractivity contribution in [3.63, 3.8) is 0 Å². The summed E-state index contributed by atoms with van der Waals surface area (Å²) in [6, 6.07) is -0.172. The number of thioether (sulfide) groups is 1. The van der Waals surface area contributed by atoms with Crippen molar-refractivity contribution in [2.45, 2.75) is 84.1 Å². The molecule has 4 aliphatic rings. The van der Waals surface area contributed by atoms with Gasteiger partial charge in [-0.05, 0) is 55.3 Å². The molecule has 0 spiro atoms. The molecule has 0 aromatic heterocycles. The Morgan fingerprint density at radius 3 is 2.64 bits per heavy atom. The van der Waals surface area contributed by atoms with Crippen LogP contribution in [0.1, 0.15) is 67.2 Å². The largest absolute Gasteiger partial charge is 0.412 e. The number of allylic oxidation sites excluding steroid dienone is 5. The molecule has 5 atom stereocenters. The van der Waals surface area contributed by atoms with E-state index in [4.69, 9.17) is 11.6 Å². The van der Waals surface area contributed by atoms with Crippen molar-refractivity contribution in [2.75, 3.05) is 13.1 Å². The summed E-state index contributed by atoms with van der Waals surface area (Å²) in [4.78, 5) is 17.1. The number of piperidine rings is 1. The molecule has 0 radical (unpaired) electrons. The average molecular weight is 498 g/mol. The molecule has 1 amide bonds. The highest BCUT2D eigenvalue weighted by atomic mass is 35.5. The van der Waals surface area contributed by atoms with Crippen molar-refractivity contribution in [3.05, 3.63) is 34.9 Å². The quantitative estimate of drug-likeness (QED) is 0.412. The van der Waals surface area contributed by atoms with Gasteiger partial charge in [-0.2, -0.15) is 0 Å². The first kappa shape index (κ1) is 28.3. The SMILES string of the molecule is C.CC(C)[C@@H](NC1NC2=C(C=CCC2)S1)C(=O)N1CCC(C2C=CC(Cl)CC2)C(C)(C)C1.O. The molecule has 5 nitrogen and oxygen atoms in total. The van der Waals surface area contributed by atoms with Crippen LogP contribution in [0.25, 0.3) is 0 Å². The van der Waals surface area contributed by atoms with Gasteiger partial charge in [-0.15, -0.1) is 11.6 Å². The zero-order valence-electron chi connectivity index (χ0n) is 19.9. The van der Waals surface area contributed by atoms with Crippen molar-refractivity contribution < 1.29 is 10.3 Å². The van der Waals surface area contributed by atoms with E-state index >= 15 is 0 Å². The Hall–Kier alpha value is -0.950. The van der Waals surface area contributed by atoms with E-state index in [1.807, 2.05) is 0 Å². The van der Waals surface area contributed by atoms with Gasteiger partial charge in [0, 0.05) is 23.7 Å². The number of nitrogens with one attached hydrogen (secondary N) is 2. The number of nitrogens with zero attached hydrogens (tertiary/aromatic N) is 1. The summed E-state index contributed by atoms with van der Waals surface area (Å²) in [5, 5.41) is 7.42. The van der Waals surface area contributed by atoms with Crippen LogP contribution in [0.5, 0.6) is 0 Å². The second-order valence-electron chi connectivity index (χ2n) is 10.6. The fraction of sp³-hybridized carbons (Fsp3) is 0.731. The zero-order chi connectivity index (χ0) is 22.2. The van der Waals surface area contributed by atoms with Gasteiger partial charge in [-0.25, -0.2) is 0 Å². The summed E-state index contributed by atoms with van der Waals surface area (Å²) in [5.41, 5.74) is 1.50. The van der Waals surface area contributed by atoms with Crippen LogP contribution in [0.15, 0.2) is 34.9 Å². The number of carbonyl (C=O) groups is 1. The second-order valence-corrected chi connectivity index (χ2v) is 12.3. The van der Waals surface area contributed by atoms with Crippen molar-refractivity contribution in [3.8, 4) is 0 Å². The molecular weight excluding hydrogens is 454 g/mol. The molecule has 0 aromatic carbocycles. The molecule has 1 fully saturated rings. The van der Waals surface area contributed by atoms with Crippen LogP contribution in [0.2, 0.25) is 0 Å². The lowest BCUT2D eigenvalue weighted by molar-refractivity contribution is -0.139. The van der Waals surface area contributed by atoms with Gasteiger partial charge >= 0.3 is 0 Å². The molecule has 4 N–H and O–H groups in total. The average Bonchev–Trinajstić information content (AvgIpc) is 3.14. The van der Waals surface area contributed by atoms with E-state index in [-0.39, 0.29) is 47.1 Å². The first-order valence-corrected chi connectivity index (χ1v) is 13.3. The minimum Gasteiger partial charge on any atom is -0.412 e. The number of amides is 1. The van der Waals surface area contributed by atoms with Crippen molar-refractivity contribution >= 4 is 29.3 Å². The van der Waals surface area contributed by atoms with Crippen LogP contribution >= 0.6 is 23.4 Å². The highest BCUT2D eigenvalue weighted by molar-refractivity contribution is 8.04. The van der Waals surface area contributed by atoms with E-state index in [1.165, 1.54) is 17.0 Å². The smallest absolute Gasteiger partial charge is 0.240 e. The van der Waals surface area contributed by atoms with Gasteiger partial charge in [0.05, 0.1) is 11.4 Å². The molecule has 0 aromatic rings. The molecule has 4 unspecified atom stereocenters. The Morgan fingerprint density at radius 1 is 1.27 bits per heavy atom. The molecule has 2 aliphatic carbocycles. The Kier molecular flexibility index (Phi) is 9.99. The van der Waals surface area contributed by atoms with Gasteiger partial charge in [0.15, 0.2) is 0 Å². The molecule has 4 rings (SSSR count). The summed E-state index contributed by atoms with van der Waals surface area (Å²) in [6.45, 7) is 10.7. The third kappa shape index (κ3) is 6.39. The fourth-order valence-corrected chi connectivity index (χ4v) is 7.05. The van der Waals surface area contributed by atoms with Gasteiger partial charge in [0.1, 0.15) is 5.50 Å². The summed E-state index contributed by atoms with van der Waals surface area (Å²) in [7, 11) is 0.